The van der Waals surface area contributed by atoms with Gasteiger partial charge in [0.25, 0.3) is 0 Å². The maximum atomic E-state index is 5.46. The van der Waals surface area contributed by atoms with E-state index in [1.165, 1.54) is 19.4 Å². The molecule has 0 aromatic carbocycles. The maximum absolute atomic E-state index is 5.46. The first-order valence-electron chi connectivity index (χ1n) is 4.99. The van der Waals surface area contributed by atoms with Crippen molar-refractivity contribution in [3.63, 3.8) is 0 Å². The zero-order chi connectivity index (χ0) is 8.60. The molecule has 1 N–H and O–H groups in total. The van der Waals surface area contributed by atoms with Crippen molar-refractivity contribution in [2.45, 2.75) is 32.7 Å². The molecule has 2 rings (SSSR count). The fourth-order valence-corrected chi connectivity index (χ4v) is 1.73. The monoisotopic (exact) mass is 169 g/mol. The molecule has 70 valence electrons. The van der Waals surface area contributed by atoms with Gasteiger partial charge in [-0.15, -0.1) is 0 Å². The molecule has 12 heavy (non-hydrogen) atoms. The topological polar surface area (TPSA) is 21.3 Å². The summed E-state index contributed by atoms with van der Waals surface area (Å²) < 4.78 is 5.46. The Labute approximate surface area is 74.7 Å². The van der Waals surface area contributed by atoms with Crippen molar-refractivity contribution in [2.24, 2.45) is 11.3 Å². The molecular weight excluding hydrogens is 150 g/mol. The third-order valence-corrected chi connectivity index (χ3v) is 3.05. The lowest BCUT2D eigenvalue weighted by Gasteiger charge is -2.25. The normalized spacial score (nSPS) is 34.0. The van der Waals surface area contributed by atoms with E-state index in [1.807, 2.05) is 0 Å². The zero-order valence-electron chi connectivity index (χ0n) is 8.10. The minimum atomic E-state index is 0.342. The first-order chi connectivity index (χ1) is 5.68. The fraction of sp³-hybridized carbons (Fsp3) is 1.00. The van der Waals surface area contributed by atoms with E-state index < -0.39 is 0 Å². The second-order valence-electron chi connectivity index (χ2n) is 4.91. The first-order valence-corrected chi connectivity index (χ1v) is 4.99. The maximum Gasteiger partial charge on any atom is 0.0626 e. The van der Waals surface area contributed by atoms with Crippen LogP contribution in [0.3, 0.4) is 0 Å². The van der Waals surface area contributed by atoms with Crippen LogP contribution in [0, 0.1) is 11.3 Å². The van der Waals surface area contributed by atoms with E-state index in [9.17, 15) is 0 Å². The van der Waals surface area contributed by atoms with Crippen molar-refractivity contribution in [2.75, 3.05) is 19.8 Å². The molecular formula is C10H19NO. The van der Waals surface area contributed by atoms with Crippen LogP contribution >= 0.6 is 0 Å². The highest BCUT2D eigenvalue weighted by Gasteiger charge is 2.36. The molecule has 0 amide bonds. The van der Waals surface area contributed by atoms with Gasteiger partial charge < -0.3 is 10.1 Å². The van der Waals surface area contributed by atoms with Gasteiger partial charge >= 0.3 is 0 Å². The Morgan fingerprint density at radius 1 is 1.42 bits per heavy atom. The molecule has 0 spiro atoms. The molecule has 0 aromatic heterocycles. The molecule has 0 radical (unpaired) electrons. The zero-order valence-corrected chi connectivity index (χ0v) is 8.10. The van der Waals surface area contributed by atoms with Crippen LogP contribution in [-0.4, -0.2) is 25.8 Å². The van der Waals surface area contributed by atoms with Crippen molar-refractivity contribution in [3.05, 3.63) is 0 Å². The van der Waals surface area contributed by atoms with Gasteiger partial charge in [-0.05, 0) is 25.3 Å². The minimum Gasteiger partial charge on any atom is -0.379 e. The van der Waals surface area contributed by atoms with Gasteiger partial charge in [-0.1, -0.05) is 13.8 Å². The lowest BCUT2D eigenvalue weighted by molar-refractivity contribution is 0.166. The van der Waals surface area contributed by atoms with Gasteiger partial charge in [-0.2, -0.15) is 0 Å². The second kappa shape index (κ2) is 3.00. The highest BCUT2D eigenvalue weighted by molar-refractivity contribution is 4.90. The number of hydrogen-bond donors (Lipinski definition) is 1. The average molecular weight is 169 g/mol. The Kier molecular flexibility index (Phi) is 2.13. The molecule has 1 saturated heterocycles. The summed E-state index contributed by atoms with van der Waals surface area (Å²) in [5, 5.41) is 3.61. The largest absolute Gasteiger partial charge is 0.379 e. The molecule has 1 unspecified atom stereocenters. The molecule has 1 heterocycles. The molecule has 2 nitrogen and oxygen atoms in total. The van der Waals surface area contributed by atoms with Gasteiger partial charge in [0.1, 0.15) is 0 Å². The van der Waals surface area contributed by atoms with Crippen molar-refractivity contribution < 1.29 is 4.74 Å². The summed E-state index contributed by atoms with van der Waals surface area (Å²) in [4.78, 5) is 0. The Hall–Kier alpha value is -0.0800. The van der Waals surface area contributed by atoms with E-state index in [0.717, 1.165) is 19.1 Å². The molecule has 1 aliphatic heterocycles. The quantitative estimate of drug-likeness (QED) is 0.689. The Bertz CT molecular complexity index is 163. The SMILES string of the molecule is CC1(C)COCC1NCC1CC1. The minimum absolute atomic E-state index is 0.342. The van der Waals surface area contributed by atoms with Crippen LogP contribution in [-0.2, 0) is 4.74 Å². The number of ether oxygens (including phenoxy) is 1. The summed E-state index contributed by atoms with van der Waals surface area (Å²) >= 11 is 0. The van der Waals surface area contributed by atoms with Gasteiger partial charge in [0.15, 0.2) is 0 Å². The van der Waals surface area contributed by atoms with Crippen molar-refractivity contribution >= 4 is 0 Å². The smallest absolute Gasteiger partial charge is 0.0626 e. The summed E-state index contributed by atoms with van der Waals surface area (Å²) in [6.07, 6.45) is 2.86. The van der Waals surface area contributed by atoms with Crippen LogP contribution in [0.15, 0.2) is 0 Å². The third kappa shape index (κ3) is 1.80. The summed E-state index contributed by atoms with van der Waals surface area (Å²) in [6.45, 7) is 7.58. The molecule has 1 atom stereocenters. The summed E-state index contributed by atoms with van der Waals surface area (Å²) in [5.41, 5.74) is 0.342. The van der Waals surface area contributed by atoms with E-state index in [1.54, 1.807) is 0 Å². The van der Waals surface area contributed by atoms with E-state index in [0.29, 0.717) is 11.5 Å². The fourth-order valence-electron chi connectivity index (χ4n) is 1.73. The molecule has 2 heteroatoms. The standard InChI is InChI=1S/C10H19NO/c1-10(2)7-12-6-9(10)11-5-8-3-4-8/h8-9,11H,3-7H2,1-2H3. The molecule has 0 bridgehead atoms. The van der Waals surface area contributed by atoms with Gasteiger partial charge in [0.2, 0.25) is 0 Å². The molecule has 0 aromatic rings. The predicted octanol–water partition coefficient (Wildman–Crippen LogP) is 1.41. The second-order valence-corrected chi connectivity index (χ2v) is 4.91. The molecule has 1 saturated carbocycles. The Balaban J connectivity index is 1.77. The molecule has 2 fully saturated rings. The molecule has 2 aliphatic rings. The molecule has 1 aliphatic carbocycles. The van der Waals surface area contributed by atoms with E-state index >= 15 is 0 Å². The van der Waals surface area contributed by atoms with Gasteiger partial charge in [0, 0.05) is 11.5 Å². The van der Waals surface area contributed by atoms with E-state index in [4.69, 9.17) is 4.74 Å². The average Bonchev–Trinajstić information content (AvgIpc) is 2.74. The summed E-state index contributed by atoms with van der Waals surface area (Å²) in [6, 6.07) is 0.582. The van der Waals surface area contributed by atoms with Crippen LogP contribution in [0.1, 0.15) is 26.7 Å². The number of rotatable bonds is 3. The summed E-state index contributed by atoms with van der Waals surface area (Å²) in [5.74, 6) is 0.974. The van der Waals surface area contributed by atoms with Crippen LogP contribution in [0.5, 0.6) is 0 Å². The van der Waals surface area contributed by atoms with Crippen molar-refractivity contribution in [1.82, 2.24) is 5.32 Å². The van der Waals surface area contributed by atoms with Gasteiger partial charge in [-0.3, -0.25) is 0 Å². The third-order valence-electron chi connectivity index (χ3n) is 3.05. The Morgan fingerprint density at radius 2 is 2.17 bits per heavy atom. The highest BCUT2D eigenvalue weighted by Crippen LogP contribution is 2.31. The van der Waals surface area contributed by atoms with E-state index in [2.05, 4.69) is 19.2 Å². The van der Waals surface area contributed by atoms with Crippen molar-refractivity contribution in [1.29, 1.82) is 0 Å². The number of nitrogens with one attached hydrogen (secondary N) is 1. The van der Waals surface area contributed by atoms with Crippen LogP contribution in [0.2, 0.25) is 0 Å². The number of hydrogen-bond acceptors (Lipinski definition) is 2. The lowest BCUT2D eigenvalue weighted by Crippen LogP contribution is -2.41. The Morgan fingerprint density at radius 3 is 2.67 bits per heavy atom. The van der Waals surface area contributed by atoms with E-state index in [-0.39, 0.29) is 0 Å². The van der Waals surface area contributed by atoms with Gasteiger partial charge in [0.05, 0.1) is 13.2 Å². The van der Waals surface area contributed by atoms with Gasteiger partial charge in [-0.25, -0.2) is 0 Å². The van der Waals surface area contributed by atoms with Crippen LogP contribution in [0.4, 0.5) is 0 Å². The first kappa shape index (κ1) is 8.52. The summed E-state index contributed by atoms with van der Waals surface area (Å²) in [7, 11) is 0. The lowest BCUT2D eigenvalue weighted by atomic mass is 9.88. The van der Waals surface area contributed by atoms with Crippen LogP contribution < -0.4 is 5.32 Å². The predicted molar refractivity (Wildman–Crippen MR) is 49.1 cm³/mol. The van der Waals surface area contributed by atoms with Crippen LogP contribution in [0.25, 0.3) is 0 Å². The van der Waals surface area contributed by atoms with Crippen molar-refractivity contribution in [3.8, 4) is 0 Å². The highest BCUT2D eigenvalue weighted by atomic mass is 16.5.